The van der Waals surface area contributed by atoms with Gasteiger partial charge in [0.2, 0.25) is 5.69 Å². The predicted octanol–water partition coefficient (Wildman–Crippen LogP) is 2.26. The Morgan fingerprint density at radius 1 is 1.23 bits per heavy atom. The molecule has 0 radical (unpaired) electrons. The molecule has 0 aliphatic rings. The van der Waals surface area contributed by atoms with Crippen LogP contribution in [0.3, 0.4) is 0 Å². The highest BCUT2D eigenvalue weighted by Crippen LogP contribution is 2.29. The molecular weight excluding hydrogens is 382 g/mol. The number of hydrogen-bond donors (Lipinski definition) is 2. The van der Waals surface area contributed by atoms with Crippen molar-refractivity contribution >= 4 is 17.3 Å². The lowest BCUT2D eigenvalue weighted by Crippen LogP contribution is -2.28. The summed E-state index contributed by atoms with van der Waals surface area (Å²) in [5, 5.41) is 19.8. The minimum Gasteiger partial charge on any atom is -0.471 e. The second kappa shape index (κ2) is 9.19. The SMILES string of the molecule is CNc1cc(Nc2cnc(C#N)c(OC(C)CN(C)C)n2)ncc1-c1cnn(C)c1. The van der Waals surface area contributed by atoms with Gasteiger partial charge in [0.15, 0.2) is 5.82 Å². The van der Waals surface area contributed by atoms with E-state index in [0.29, 0.717) is 18.2 Å². The number of nitrogens with one attached hydrogen (secondary N) is 2. The summed E-state index contributed by atoms with van der Waals surface area (Å²) < 4.78 is 7.57. The van der Waals surface area contributed by atoms with Crippen molar-refractivity contribution in [1.82, 2.24) is 29.6 Å². The second-order valence-electron chi connectivity index (χ2n) is 7.10. The topological polar surface area (TPSA) is 117 Å². The van der Waals surface area contributed by atoms with Crippen molar-refractivity contribution in [1.29, 1.82) is 5.26 Å². The van der Waals surface area contributed by atoms with E-state index in [0.717, 1.165) is 16.8 Å². The molecule has 3 rings (SSSR count). The van der Waals surface area contributed by atoms with E-state index in [-0.39, 0.29) is 17.7 Å². The van der Waals surface area contributed by atoms with Crippen LogP contribution in [0.1, 0.15) is 12.6 Å². The maximum atomic E-state index is 9.31. The van der Waals surface area contributed by atoms with Gasteiger partial charge in [-0.05, 0) is 21.0 Å². The van der Waals surface area contributed by atoms with Crippen LogP contribution >= 0.6 is 0 Å². The summed E-state index contributed by atoms with van der Waals surface area (Å²) in [7, 11) is 7.62. The van der Waals surface area contributed by atoms with Gasteiger partial charge in [-0.3, -0.25) is 4.68 Å². The molecule has 0 bridgehead atoms. The molecule has 0 aromatic carbocycles. The fourth-order valence-corrected chi connectivity index (χ4v) is 2.99. The highest BCUT2D eigenvalue weighted by Gasteiger charge is 2.14. The predicted molar refractivity (Wildman–Crippen MR) is 115 cm³/mol. The smallest absolute Gasteiger partial charge is 0.253 e. The van der Waals surface area contributed by atoms with Gasteiger partial charge in [0, 0.05) is 55.9 Å². The summed E-state index contributed by atoms with van der Waals surface area (Å²) in [4.78, 5) is 15.0. The lowest BCUT2D eigenvalue weighted by atomic mass is 10.1. The summed E-state index contributed by atoms with van der Waals surface area (Å²) in [5.74, 6) is 1.21. The minimum atomic E-state index is -0.149. The van der Waals surface area contributed by atoms with E-state index in [1.165, 1.54) is 6.20 Å². The Morgan fingerprint density at radius 2 is 2.03 bits per heavy atom. The third-order valence-electron chi connectivity index (χ3n) is 4.23. The molecule has 30 heavy (non-hydrogen) atoms. The highest BCUT2D eigenvalue weighted by molar-refractivity contribution is 5.78. The lowest BCUT2D eigenvalue weighted by molar-refractivity contribution is 0.169. The number of ether oxygens (including phenoxy) is 1. The quantitative estimate of drug-likeness (QED) is 0.580. The Hall–Kier alpha value is -3.71. The van der Waals surface area contributed by atoms with Crippen LogP contribution in [0.5, 0.6) is 5.88 Å². The molecular formula is C20H25N9O. The number of aromatic nitrogens is 5. The van der Waals surface area contributed by atoms with Crippen molar-refractivity contribution in [2.24, 2.45) is 7.05 Å². The molecule has 3 heterocycles. The number of hydrogen-bond acceptors (Lipinski definition) is 9. The van der Waals surface area contributed by atoms with E-state index < -0.39 is 0 Å². The monoisotopic (exact) mass is 407 g/mol. The molecule has 0 aliphatic heterocycles. The number of aryl methyl sites for hydroxylation is 1. The summed E-state index contributed by atoms with van der Waals surface area (Å²) in [6, 6.07) is 3.89. The molecule has 10 nitrogen and oxygen atoms in total. The van der Waals surface area contributed by atoms with Crippen LogP contribution in [0, 0.1) is 11.3 Å². The molecule has 10 heteroatoms. The van der Waals surface area contributed by atoms with Crippen LogP contribution in [0.15, 0.2) is 30.9 Å². The average molecular weight is 407 g/mol. The van der Waals surface area contributed by atoms with Crippen LogP contribution < -0.4 is 15.4 Å². The molecule has 0 spiro atoms. The van der Waals surface area contributed by atoms with E-state index in [1.54, 1.807) is 17.1 Å². The van der Waals surface area contributed by atoms with Gasteiger partial charge in [-0.2, -0.15) is 15.3 Å². The van der Waals surface area contributed by atoms with Gasteiger partial charge >= 0.3 is 0 Å². The van der Waals surface area contributed by atoms with Gasteiger partial charge < -0.3 is 20.3 Å². The van der Waals surface area contributed by atoms with Crippen LogP contribution in [0.25, 0.3) is 11.1 Å². The third-order valence-corrected chi connectivity index (χ3v) is 4.23. The zero-order valence-electron chi connectivity index (χ0n) is 17.7. The van der Waals surface area contributed by atoms with E-state index in [9.17, 15) is 5.26 Å². The zero-order chi connectivity index (χ0) is 21.7. The minimum absolute atomic E-state index is 0.141. The number of rotatable bonds is 8. The maximum absolute atomic E-state index is 9.31. The second-order valence-corrected chi connectivity index (χ2v) is 7.10. The number of nitrogens with zero attached hydrogens (tertiary/aromatic N) is 7. The Balaban J connectivity index is 1.83. The first-order valence-corrected chi connectivity index (χ1v) is 9.42. The Kier molecular flexibility index (Phi) is 6.44. The molecule has 0 saturated heterocycles. The molecule has 3 aromatic heterocycles. The van der Waals surface area contributed by atoms with Crippen LogP contribution in [0.2, 0.25) is 0 Å². The van der Waals surface area contributed by atoms with Gasteiger partial charge in [-0.25, -0.2) is 9.97 Å². The highest BCUT2D eigenvalue weighted by atomic mass is 16.5. The number of nitriles is 1. The summed E-state index contributed by atoms with van der Waals surface area (Å²) in [5.41, 5.74) is 2.92. The van der Waals surface area contributed by atoms with Gasteiger partial charge in [-0.1, -0.05) is 0 Å². The molecule has 2 N–H and O–H groups in total. The first-order chi connectivity index (χ1) is 14.4. The van der Waals surface area contributed by atoms with Crippen molar-refractivity contribution in [3.8, 4) is 23.1 Å². The van der Waals surface area contributed by atoms with Crippen LogP contribution in [-0.4, -0.2) is 63.4 Å². The molecule has 0 saturated carbocycles. The molecule has 1 atom stereocenters. The summed E-state index contributed by atoms with van der Waals surface area (Å²) in [6.07, 6.45) is 6.81. The van der Waals surface area contributed by atoms with Gasteiger partial charge in [0.25, 0.3) is 5.88 Å². The Bertz CT molecular complexity index is 1050. The molecule has 0 fully saturated rings. The van der Waals surface area contributed by atoms with Crippen LogP contribution in [0.4, 0.5) is 17.3 Å². The van der Waals surface area contributed by atoms with Crippen molar-refractivity contribution in [2.75, 3.05) is 38.3 Å². The molecule has 0 amide bonds. The largest absolute Gasteiger partial charge is 0.471 e. The first-order valence-electron chi connectivity index (χ1n) is 9.42. The van der Waals surface area contributed by atoms with Gasteiger partial charge in [0.05, 0.1) is 12.4 Å². The molecule has 0 aliphatic carbocycles. The first kappa shape index (κ1) is 21.0. The fraction of sp³-hybridized carbons (Fsp3) is 0.350. The average Bonchev–Trinajstić information content (AvgIpc) is 3.13. The lowest BCUT2D eigenvalue weighted by Gasteiger charge is -2.18. The summed E-state index contributed by atoms with van der Waals surface area (Å²) in [6.45, 7) is 2.61. The fourth-order valence-electron chi connectivity index (χ4n) is 2.99. The molecule has 3 aromatic rings. The molecule has 156 valence electrons. The van der Waals surface area contributed by atoms with E-state index in [4.69, 9.17) is 4.74 Å². The zero-order valence-corrected chi connectivity index (χ0v) is 17.7. The van der Waals surface area contributed by atoms with E-state index in [1.807, 2.05) is 58.3 Å². The molecule has 1 unspecified atom stereocenters. The Labute approximate surface area is 175 Å². The maximum Gasteiger partial charge on any atom is 0.253 e. The number of anilines is 3. The van der Waals surface area contributed by atoms with Crippen molar-refractivity contribution in [3.05, 3.63) is 36.5 Å². The Morgan fingerprint density at radius 3 is 2.67 bits per heavy atom. The van der Waals surface area contributed by atoms with Crippen molar-refractivity contribution < 1.29 is 4.74 Å². The van der Waals surface area contributed by atoms with E-state index in [2.05, 4.69) is 30.7 Å². The standard InChI is InChI=1S/C20H25N9O/c1-13(11-28(3)4)30-20-17(7-21)23-10-19(27-20)26-18-6-16(22-2)15(9-24-18)14-8-25-29(5)12-14/h6,8-10,12-13H,11H2,1-5H3,(H2,22,24,26,27). The normalized spacial score (nSPS) is 11.8. The van der Waals surface area contributed by atoms with Gasteiger partial charge in [0.1, 0.15) is 18.0 Å². The van der Waals surface area contributed by atoms with Crippen LogP contribution in [-0.2, 0) is 7.05 Å². The van der Waals surface area contributed by atoms with Crippen molar-refractivity contribution in [3.63, 3.8) is 0 Å². The van der Waals surface area contributed by atoms with E-state index >= 15 is 0 Å². The summed E-state index contributed by atoms with van der Waals surface area (Å²) >= 11 is 0. The third kappa shape index (κ3) is 5.01. The number of likely N-dealkylation sites (N-methyl/N-ethyl adjacent to an activating group) is 1. The van der Waals surface area contributed by atoms with Crippen molar-refractivity contribution in [2.45, 2.75) is 13.0 Å². The number of pyridine rings is 1. The van der Waals surface area contributed by atoms with Gasteiger partial charge in [-0.15, -0.1) is 0 Å².